The smallest absolute Gasteiger partial charge is 0.217 e. The quantitative estimate of drug-likeness (QED) is 0.0496. The van der Waals surface area contributed by atoms with Crippen LogP contribution in [-0.2, 0) is 61.8 Å². The molecule has 0 aromatic heterocycles. The average molecular weight is 1310 g/mol. The Morgan fingerprint density at radius 3 is 1.71 bits per heavy atom. The molecule has 0 spiro atoms. The number of nitrogens with one attached hydrogen (secondary N) is 2. The van der Waals surface area contributed by atoms with Gasteiger partial charge in [0, 0.05) is 26.7 Å². The van der Waals surface area contributed by atoms with Crippen molar-refractivity contribution < 1.29 is 133 Å². The number of carbonyl (C=O) groups excluding carboxylic acids is 3. The molecule has 31 atom stereocenters. The van der Waals surface area contributed by atoms with Gasteiger partial charge in [0.1, 0.15) is 122 Å². The standard InChI is InChI=1S/C62H102N2O27/c1-25(18-28(70)19-59(4,5)81)30-11-12-31-29-10-13-38-60(6,7)39(15-17-62(38,9)32(29)14-16-61(30,31)8)89-58-52(46(75)37(24-83-58)88-54-40(63-26(2)68)47(76)42(71)33(20-65)84-54)90-55-41(64-27(3)69)48(77)45(74)36(87-55)23-82-57-53(50(79)44(73)35(22-67)86-57)91-56-51(80)49(78)43(72)34(21-66)85-56/h25,30-31,33-58,65-67,71-81H,10-24H2,1-9H3,(H,63,68)(H,64,69). The molecule has 0 radical (unpaired) electrons. The molecule has 0 bridgehead atoms. The van der Waals surface area contributed by atoms with Gasteiger partial charge in [-0.05, 0) is 105 Å². The molecule has 0 aromatic rings. The molecule has 5 heterocycles. The molecule has 5 saturated heterocycles. The number of ketones is 1. The summed E-state index contributed by atoms with van der Waals surface area (Å²) in [7, 11) is 0. The minimum atomic E-state index is -1.99. The molecule has 91 heavy (non-hydrogen) atoms. The van der Waals surface area contributed by atoms with E-state index in [1.807, 2.05) is 0 Å². The van der Waals surface area contributed by atoms with Crippen LogP contribution in [0.15, 0.2) is 11.1 Å². The molecule has 5 aliphatic heterocycles. The zero-order valence-electron chi connectivity index (χ0n) is 53.4. The normalized spacial score (nSPS) is 47.2. The number of hydrogen-bond donors (Lipinski definition) is 16. The van der Waals surface area contributed by atoms with Crippen molar-refractivity contribution >= 4 is 17.6 Å². The topological polar surface area (TPSA) is 451 Å². The van der Waals surface area contributed by atoms with Crippen LogP contribution in [0.1, 0.15) is 127 Å². The molecule has 16 N–H and O–H groups in total. The van der Waals surface area contributed by atoms with E-state index >= 15 is 0 Å². The van der Waals surface area contributed by atoms with Gasteiger partial charge in [0.25, 0.3) is 0 Å². The number of fused-ring (bicyclic) bond motifs is 4. The monoisotopic (exact) mass is 1310 g/mol. The second-order valence-electron chi connectivity index (χ2n) is 28.9. The van der Waals surface area contributed by atoms with Gasteiger partial charge in [0.05, 0.1) is 44.7 Å². The predicted octanol–water partition coefficient (Wildman–Crippen LogP) is -3.49. The van der Waals surface area contributed by atoms with E-state index in [1.165, 1.54) is 11.1 Å². The summed E-state index contributed by atoms with van der Waals surface area (Å²) in [6.07, 6.45) is -31.6. The Labute approximate surface area is 529 Å². The molecule has 9 rings (SSSR count). The van der Waals surface area contributed by atoms with E-state index in [-0.39, 0.29) is 34.9 Å². The van der Waals surface area contributed by atoms with Gasteiger partial charge in [-0.15, -0.1) is 0 Å². The van der Waals surface area contributed by atoms with Crippen molar-refractivity contribution in [1.29, 1.82) is 0 Å². The van der Waals surface area contributed by atoms with Gasteiger partial charge in [-0.25, -0.2) is 0 Å². The minimum absolute atomic E-state index is 0.0136. The number of allylic oxidation sites excluding steroid dienone is 2. The number of ether oxygens (including phenoxy) is 10. The van der Waals surface area contributed by atoms with Crippen LogP contribution in [-0.4, -0.2) is 281 Å². The van der Waals surface area contributed by atoms with Crippen LogP contribution < -0.4 is 10.6 Å². The molecule has 29 heteroatoms. The Bertz CT molecular complexity index is 2520. The lowest BCUT2D eigenvalue weighted by Crippen LogP contribution is -2.68. The number of carbonyl (C=O) groups is 3. The highest BCUT2D eigenvalue weighted by atomic mass is 16.8. The predicted molar refractivity (Wildman–Crippen MR) is 310 cm³/mol. The number of aliphatic hydroxyl groups excluding tert-OH is 13. The lowest BCUT2D eigenvalue weighted by atomic mass is 9.45. The summed E-state index contributed by atoms with van der Waals surface area (Å²) in [5.74, 6) is -0.322. The summed E-state index contributed by atoms with van der Waals surface area (Å²) in [5.41, 5.74) is 1.18. The van der Waals surface area contributed by atoms with Crippen LogP contribution in [0, 0.1) is 39.9 Å². The minimum Gasteiger partial charge on any atom is -0.394 e. The highest BCUT2D eigenvalue weighted by Gasteiger charge is 2.62. The van der Waals surface area contributed by atoms with Gasteiger partial charge < -0.3 is 129 Å². The van der Waals surface area contributed by atoms with Gasteiger partial charge in [-0.3, -0.25) is 14.4 Å². The third-order valence-corrected chi connectivity index (χ3v) is 21.8. The maximum Gasteiger partial charge on any atom is 0.217 e. The maximum atomic E-state index is 13.1. The van der Waals surface area contributed by atoms with Gasteiger partial charge in [-0.1, -0.05) is 45.8 Å². The Balaban J connectivity index is 0.980. The number of amides is 2. The van der Waals surface area contributed by atoms with Gasteiger partial charge >= 0.3 is 0 Å². The summed E-state index contributed by atoms with van der Waals surface area (Å²) in [4.78, 5) is 38.6. The summed E-state index contributed by atoms with van der Waals surface area (Å²) < 4.78 is 61.8. The Morgan fingerprint density at radius 2 is 1.12 bits per heavy atom. The third-order valence-electron chi connectivity index (χ3n) is 21.8. The van der Waals surface area contributed by atoms with Crippen LogP contribution in [0.3, 0.4) is 0 Å². The van der Waals surface area contributed by atoms with Gasteiger partial charge in [0.15, 0.2) is 31.5 Å². The third kappa shape index (κ3) is 14.7. The first-order valence-corrected chi connectivity index (χ1v) is 32.3. The van der Waals surface area contributed by atoms with Crippen molar-refractivity contribution in [2.75, 3.05) is 33.0 Å². The molecule has 31 unspecified atom stereocenters. The molecule has 29 nitrogen and oxygen atoms in total. The first kappa shape index (κ1) is 72.7. The molecule has 2 amide bonds. The summed E-state index contributed by atoms with van der Waals surface area (Å²) in [5, 5.41) is 158. The van der Waals surface area contributed by atoms with E-state index in [0.29, 0.717) is 24.7 Å². The van der Waals surface area contributed by atoms with Crippen LogP contribution in [0.2, 0.25) is 0 Å². The van der Waals surface area contributed by atoms with Crippen molar-refractivity contribution in [1.82, 2.24) is 10.6 Å². The fourth-order valence-electron chi connectivity index (χ4n) is 17.2. The SMILES string of the molecule is CC(=O)NC1C(OC2COC(OC3CCC4(C)C5=C(CCC4C3(C)C)C3CCC(C(C)CC(=O)CC(C)(C)O)C3(C)CC5)C(OC3OC(COC4OC(CO)C(O)C(O)C4OC4OC(CO)C(O)C(O)C4O)C(O)C(O)C3NC(C)=O)C2O)OC(CO)C(O)C1O. The van der Waals surface area contributed by atoms with Crippen LogP contribution in [0.5, 0.6) is 0 Å². The average Bonchev–Trinajstić information content (AvgIpc) is 1.70. The van der Waals surface area contributed by atoms with E-state index in [0.717, 1.165) is 58.8 Å². The summed E-state index contributed by atoms with van der Waals surface area (Å²) in [6.45, 7) is 13.1. The van der Waals surface area contributed by atoms with E-state index in [2.05, 4.69) is 45.3 Å². The number of Topliss-reactive ketones (excluding diaryl/α,β-unsaturated/α-hetero) is 1. The summed E-state index contributed by atoms with van der Waals surface area (Å²) in [6, 6.07) is -3.07. The lowest BCUT2D eigenvalue weighted by molar-refractivity contribution is -0.379. The Morgan fingerprint density at radius 1 is 0.593 bits per heavy atom. The van der Waals surface area contributed by atoms with Gasteiger partial charge in [-0.2, -0.15) is 0 Å². The van der Waals surface area contributed by atoms with Crippen LogP contribution >= 0.6 is 0 Å². The largest absolute Gasteiger partial charge is 0.394 e. The van der Waals surface area contributed by atoms with E-state index in [4.69, 9.17) is 47.4 Å². The molecule has 7 fully saturated rings. The van der Waals surface area contributed by atoms with Crippen molar-refractivity contribution in [3.8, 4) is 0 Å². The molecule has 522 valence electrons. The highest BCUT2D eigenvalue weighted by Crippen LogP contribution is 2.68. The van der Waals surface area contributed by atoms with Crippen molar-refractivity contribution in [2.45, 2.75) is 286 Å². The Kier molecular flexibility index (Phi) is 23.0. The molecule has 0 aromatic carbocycles. The maximum absolute atomic E-state index is 13.1. The van der Waals surface area contributed by atoms with E-state index < -0.39 is 209 Å². The first-order chi connectivity index (χ1) is 42.7. The van der Waals surface area contributed by atoms with Crippen LogP contribution in [0.25, 0.3) is 0 Å². The molecule has 4 aliphatic carbocycles. The zero-order valence-corrected chi connectivity index (χ0v) is 53.4. The zero-order chi connectivity index (χ0) is 66.7. The molecule has 9 aliphatic rings. The van der Waals surface area contributed by atoms with Crippen LogP contribution in [0.4, 0.5) is 0 Å². The van der Waals surface area contributed by atoms with Crippen molar-refractivity contribution in [3.05, 3.63) is 11.1 Å². The fraction of sp³-hybridized carbons (Fsp3) is 0.919. The fourth-order valence-corrected chi connectivity index (χ4v) is 17.2. The summed E-state index contributed by atoms with van der Waals surface area (Å²) >= 11 is 0. The van der Waals surface area contributed by atoms with E-state index in [9.17, 15) is 85.9 Å². The second kappa shape index (κ2) is 28.8. The van der Waals surface area contributed by atoms with Gasteiger partial charge in [0.2, 0.25) is 11.8 Å². The number of aliphatic hydroxyl groups is 14. The number of hydrogen-bond acceptors (Lipinski definition) is 27. The van der Waals surface area contributed by atoms with Crippen molar-refractivity contribution in [2.24, 2.45) is 39.9 Å². The highest BCUT2D eigenvalue weighted by molar-refractivity contribution is 5.79. The molecule has 2 saturated carbocycles. The van der Waals surface area contributed by atoms with Crippen molar-refractivity contribution in [3.63, 3.8) is 0 Å². The molecular formula is C62H102N2O27. The Hall–Kier alpha value is -2.61. The first-order valence-electron chi connectivity index (χ1n) is 32.3. The van der Waals surface area contributed by atoms with E-state index in [1.54, 1.807) is 13.8 Å². The molecular weight excluding hydrogens is 1200 g/mol. The second-order valence-corrected chi connectivity index (χ2v) is 28.9. The lowest BCUT2D eigenvalue weighted by Gasteiger charge is -2.61. The number of rotatable bonds is 21.